The summed E-state index contributed by atoms with van der Waals surface area (Å²) in [6.45, 7) is 17.8. The number of hydrogen-bond acceptors (Lipinski definition) is 20. The molecule has 20 rings (SSSR count). The zero-order valence-electron chi connectivity index (χ0n) is 65.5. The highest BCUT2D eigenvalue weighted by molar-refractivity contribution is 6.34. The van der Waals surface area contributed by atoms with Crippen molar-refractivity contribution in [2.24, 2.45) is 0 Å². The van der Waals surface area contributed by atoms with Crippen LogP contribution in [0.5, 0.6) is 0 Å². The number of fused-ring (bicyclic) bond motifs is 8. The molecule has 0 spiro atoms. The molecule has 0 bridgehead atoms. The Hall–Kier alpha value is -14.4. The highest BCUT2D eigenvalue weighted by Gasteiger charge is 2.37. The van der Waals surface area contributed by atoms with Gasteiger partial charge in [0, 0.05) is 126 Å². The van der Waals surface area contributed by atoms with Crippen LogP contribution in [-0.2, 0) is 51.4 Å². The predicted molar refractivity (Wildman–Crippen MR) is 469 cm³/mol. The topological polar surface area (TPSA) is 219 Å². The summed E-state index contributed by atoms with van der Waals surface area (Å²) in [6, 6.07) is 49.4. The number of hydrogen-bond donors (Lipinski definition) is 0. The third kappa shape index (κ3) is 11.1. The summed E-state index contributed by atoms with van der Waals surface area (Å²) >= 11 is 0. The molecule has 0 aliphatic carbocycles. The summed E-state index contributed by atoms with van der Waals surface area (Å²) in [4.78, 5) is 91.1. The van der Waals surface area contributed by atoms with Gasteiger partial charge in [0.2, 0.25) is 0 Å². The average Bonchev–Trinajstić information content (AvgIpc) is 0.689. The van der Waals surface area contributed by atoms with Crippen molar-refractivity contribution in [3.05, 3.63) is 278 Å². The largest absolute Gasteiger partial charge is 0.305 e. The quantitative estimate of drug-likeness (QED) is 0.0648. The molecule has 0 fully saturated rings. The van der Waals surface area contributed by atoms with Gasteiger partial charge >= 0.3 is 0 Å². The van der Waals surface area contributed by atoms with Crippen molar-refractivity contribution in [3.63, 3.8) is 0 Å². The second-order valence-corrected chi connectivity index (χ2v) is 29.3. The smallest absolute Gasteiger partial charge is 0.116 e. The maximum Gasteiger partial charge on any atom is 0.116 e. The summed E-state index contributed by atoms with van der Waals surface area (Å²) in [5.41, 5.74) is 25.9. The van der Waals surface area contributed by atoms with E-state index in [9.17, 15) is 0 Å². The molecule has 0 aliphatic rings. The third-order valence-electron chi connectivity index (χ3n) is 23.4. The van der Waals surface area contributed by atoms with Crippen LogP contribution in [0.4, 0.5) is 68.2 Å². The number of anilines is 12. The van der Waals surface area contributed by atoms with Gasteiger partial charge in [-0.25, -0.2) is 69.8 Å². The fourth-order valence-electron chi connectivity index (χ4n) is 18.0. The van der Waals surface area contributed by atoms with Gasteiger partial charge < -0.3 is 19.6 Å². The van der Waals surface area contributed by atoms with E-state index in [4.69, 9.17) is 79.7 Å². The van der Waals surface area contributed by atoms with E-state index in [0.29, 0.717) is 51.4 Å². The lowest BCUT2D eigenvalue weighted by atomic mass is 9.87. The Morgan fingerprint density at radius 3 is 0.621 bits per heavy atom. The SMILES string of the molecule is CCc1ccc2cncnc2c1N(c1cc(N(c2c(CC)ccc3cncnc23)c2c(CC)ccc3cncnc23)c2ccc3c(N(c4c(CC)ccc5cncnc45)c4c(CC)ccc5nccnc45)cc(N(c4c(CC)ccc5cncnc45)c4c(CC)ccc5cncnc45)c4ccc1c2c43)c1c(CC)ccc2cncnc12. The number of aromatic nitrogens is 16. The molecule has 0 saturated heterocycles. The summed E-state index contributed by atoms with van der Waals surface area (Å²) in [7, 11) is 0. The molecule has 0 aliphatic heterocycles. The van der Waals surface area contributed by atoms with Crippen LogP contribution in [0.2, 0.25) is 0 Å². The first-order chi connectivity index (χ1) is 57.3. The molecular weight excluding hydrogens is 1430 g/mol. The maximum atomic E-state index is 5.42. The Morgan fingerprint density at radius 2 is 0.405 bits per heavy atom. The zero-order valence-corrected chi connectivity index (χ0v) is 65.5. The van der Waals surface area contributed by atoms with Crippen molar-refractivity contribution in [1.29, 1.82) is 0 Å². The van der Waals surface area contributed by atoms with Gasteiger partial charge in [0.25, 0.3) is 0 Å². The van der Waals surface area contributed by atoms with Crippen LogP contribution in [0.1, 0.15) is 99.9 Å². The van der Waals surface area contributed by atoms with E-state index < -0.39 is 0 Å². The molecule has 0 unspecified atom stereocenters. The minimum Gasteiger partial charge on any atom is -0.305 e. The molecule has 0 N–H and O–H groups in total. The Kier molecular flexibility index (Phi) is 17.7. The molecule has 0 saturated carbocycles. The molecule has 0 atom stereocenters. The van der Waals surface area contributed by atoms with Crippen LogP contribution in [-0.4, -0.2) is 79.7 Å². The van der Waals surface area contributed by atoms with Crippen LogP contribution >= 0.6 is 0 Å². The lowest BCUT2D eigenvalue weighted by Gasteiger charge is -2.37. The van der Waals surface area contributed by atoms with Gasteiger partial charge in [-0.2, -0.15) is 0 Å². The van der Waals surface area contributed by atoms with Crippen molar-refractivity contribution < 1.29 is 0 Å². The Morgan fingerprint density at radius 1 is 0.207 bits per heavy atom. The third-order valence-corrected chi connectivity index (χ3v) is 23.4. The molecule has 20 nitrogen and oxygen atoms in total. The molecule has 0 amide bonds. The van der Waals surface area contributed by atoms with E-state index in [1.807, 2.05) is 49.6 Å². The van der Waals surface area contributed by atoms with Gasteiger partial charge in [-0.3, -0.25) is 9.97 Å². The number of aryl methyl sites for hydroxylation is 8. The zero-order chi connectivity index (χ0) is 78.4. The first-order valence-corrected chi connectivity index (χ1v) is 40.0. The van der Waals surface area contributed by atoms with Crippen molar-refractivity contribution >= 4 is 188 Å². The van der Waals surface area contributed by atoms with Crippen LogP contribution in [0.15, 0.2) is 234 Å². The molecule has 0 radical (unpaired) electrons. The standard InChI is InChI=1S/C96H78N20/c1-9-55-17-24-63-41-97-48-106-81(63)89(55)113(90-56(10-2)18-25-64-42-98-49-107-82(64)90)75-39-76(114(91-57(11-3)19-26-65-43-99-50-108-83(65)91)92-58(12-4)20-27-66-44-100-51-109-84(66)92)71-34-35-73-78(116(95-61(15-7)23-30-69-47-103-54-112-87(69)95)96-62(16-8)31-36-74-88(96)105-38-37-104-74)40-77(72-33-32-70(75)79(71)80(72)73)115(93-59(13-5)21-28-67-45-101-52-110-85(67)93)94-60(14-6)22-29-68-46-102-53-111-86(68)94/h17-54H,9-16H2,1-8H3. The molecule has 562 valence electrons. The van der Waals surface area contributed by atoms with E-state index in [0.717, 1.165) is 232 Å². The number of nitrogens with zero attached hydrogens (tertiary/aromatic N) is 20. The van der Waals surface area contributed by atoms with Crippen LogP contribution < -0.4 is 19.6 Å². The first kappa shape index (κ1) is 70.7. The van der Waals surface area contributed by atoms with E-state index in [-0.39, 0.29) is 0 Å². The van der Waals surface area contributed by atoms with Gasteiger partial charge in [0.1, 0.15) is 49.8 Å². The fraction of sp³-hybridized carbons (Fsp3) is 0.167. The lowest BCUT2D eigenvalue weighted by Crippen LogP contribution is -2.20. The second-order valence-electron chi connectivity index (χ2n) is 29.3. The first-order valence-electron chi connectivity index (χ1n) is 40.0. The van der Waals surface area contributed by atoms with Gasteiger partial charge in [-0.1, -0.05) is 171 Å². The van der Waals surface area contributed by atoms with Crippen molar-refractivity contribution in [1.82, 2.24) is 79.7 Å². The molecule has 116 heavy (non-hydrogen) atoms. The number of benzene rings is 12. The van der Waals surface area contributed by atoms with Gasteiger partial charge in [-0.05, 0) is 114 Å². The normalized spacial score (nSPS) is 11.9. The molecule has 20 heteroatoms. The van der Waals surface area contributed by atoms with Crippen molar-refractivity contribution in [2.75, 3.05) is 19.6 Å². The minimum atomic E-state index is 0.642. The summed E-state index contributed by atoms with van der Waals surface area (Å²) < 4.78 is 0. The van der Waals surface area contributed by atoms with E-state index in [2.05, 4.69) is 208 Å². The van der Waals surface area contributed by atoms with Gasteiger partial charge in [0.15, 0.2) is 0 Å². The maximum absolute atomic E-state index is 5.42. The second kappa shape index (κ2) is 29.0. The van der Waals surface area contributed by atoms with E-state index >= 15 is 0 Å². The molecule has 8 aromatic heterocycles. The average molecular weight is 1510 g/mol. The molecule has 8 heterocycles. The number of rotatable bonds is 20. The van der Waals surface area contributed by atoms with Gasteiger partial charge in [-0.15, -0.1) is 0 Å². The lowest BCUT2D eigenvalue weighted by molar-refractivity contribution is 1.08. The van der Waals surface area contributed by atoms with Crippen LogP contribution in [0.25, 0.3) is 120 Å². The van der Waals surface area contributed by atoms with Crippen LogP contribution in [0.3, 0.4) is 0 Å². The van der Waals surface area contributed by atoms with E-state index in [1.165, 1.54) is 0 Å². The molecule has 20 aromatic rings. The molecule has 12 aromatic carbocycles. The highest BCUT2D eigenvalue weighted by Crippen LogP contribution is 2.60. The Bertz CT molecular complexity index is 6150. The summed E-state index contributed by atoms with van der Waals surface area (Å²) in [6.07, 6.45) is 33.9. The van der Waals surface area contributed by atoms with E-state index in [1.54, 1.807) is 50.5 Å². The fourth-order valence-corrected chi connectivity index (χ4v) is 18.0. The van der Waals surface area contributed by atoms with Gasteiger partial charge in [0.05, 0.1) is 112 Å². The Balaban J connectivity index is 1.09. The molecular formula is C96H78N20. The highest BCUT2D eigenvalue weighted by atomic mass is 15.2. The van der Waals surface area contributed by atoms with Crippen LogP contribution in [0, 0.1) is 0 Å². The minimum absolute atomic E-state index is 0.642. The van der Waals surface area contributed by atoms with Crippen molar-refractivity contribution in [2.45, 2.75) is 107 Å². The summed E-state index contributed by atoms with van der Waals surface area (Å²) in [5.74, 6) is 0. The monoisotopic (exact) mass is 1510 g/mol. The Labute approximate surface area is 668 Å². The van der Waals surface area contributed by atoms with Crippen molar-refractivity contribution in [3.8, 4) is 0 Å². The predicted octanol–water partition coefficient (Wildman–Crippen LogP) is 22.5. The summed E-state index contributed by atoms with van der Waals surface area (Å²) in [5, 5.41) is 11.8.